The van der Waals surface area contributed by atoms with Gasteiger partial charge in [-0.1, -0.05) is 27.7 Å². The van der Waals surface area contributed by atoms with Crippen molar-refractivity contribution in [2.45, 2.75) is 59.9 Å². The summed E-state index contributed by atoms with van der Waals surface area (Å²) in [6.45, 7) is 11.2. The Morgan fingerprint density at radius 1 is 1.30 bits per heavy atom. The van der Waals surface area contributed by atoms with Crippen LogP contribution in [0.5, 0.6) is 0 Å². The molecule has 0 bridgehead atoms. The summed E-state index contributed by atoms with van der Waals surface area (Å²) in [5, 5.41) is 3.24. The third-order valence-electron chi connectivity index (χ3n) is 3.97. The first-order valence-electron chi connectivity index (χ1n) is 7.15. The van der Waals surface area contributed by atoms with Gasteiger partial charge in [0.15, 0.2) is 0 Å². The van der Waals surface area contributed by atoms with Crippen molar-refractivity contribution >= 4 is 33.2 Å². The molecular weight excluding hydrogens is 334 g/mol. The van der Waals surface area contributed by atoms with E-state index in [-0.39, 0.29) is 11.9 Å². The van der Waals surface area contributed by atoms with Gasteiger partial charge in [0.2, 0.25) is 0 Å². The largest absolute Gasteiger partial charge is 0.349 e. The molecule has 4 heteroatoms. The predicted octanol–water partition coefficient (Wildman–Crippen LogP) is 5.15. The molecule has 1 amide bonds. The van der Waals surface area contributed by atoms with Crippen LogP contribution in [-0.2, 0) is 0 Å². The standard InChI is InChI=1S/C16H24BrNOS/c1-10-6-12(20-13(10)17)14(19)18-11-7-15(2,3)9-16(4,5)8-11/h6,11H,7-9H2,1-5H3,(H,18,19). The Kier molecular flexibility index (Phi) is 4.37. The first kappa shape index (κ1) is 16.0. The normalized spacial score (nSPS) is 21.7. The fourth-order valence-corrected chi connectivity index (χ4v) is 5.21. The molecule has 1 N–H and O–H groups in total. The fraction of sp³-hybridized carbons (Fsp3) is 0.688. The van der Waals surface area contributed by atoms with E-state index in [1.807, 2.05) is 13.0 Å². The Bertz CT molecular complexity index is 483. The lowest BCUT2D eigenvalue weighted by Gasteiger charge is -2.45. The molecule has 0 radical (unpaired) electrons. The van der Waals surface area contributed by atoms with Crippen LogP contribution in [0.15, 0.2) is 9.85 Å². The maximum Gasteiger partial charge on any atom is 0.261 e. The minimum absolute atomic E-state index is 0.0716. The van der Waals surface area contributed by atoms with Crippen molar-refractivity contribution in [3.63, 3.8) is 0 Å². The number of hydrogen-bond donors (Lipinski definition) is 1. The van der Waals surface area contributed by atoms with Crippen LogP contribution in [0.25, 0.3) is 0 Å². The average molecular weight is 358 g/mol. The molecule has 1 fully saturated rings. The monoisotopic (exact) mass is 357 g/mol. The molecule has 1 saturated carbocycles. The summed E-state index contributed by atoms with van der Waals surface area (Å²) in [5.74, 6) is 0.0716. The molecule has 20 heavy (non-hydrogen) atoms. The van der Waals surface area contributed by atoms with Crippen molar-refractivity contribution < 1.29 is 4.79 Å². The lowest BCUT2D eigenvalue weighted by molar-refractivity contribution is 0.0716. The van der Waals surface area contributed by atoms with Gasteiger partial charge in [-0.15, -0.1) is 11.3 Å². The van der Waals surface area contributed by atoms with E-state index >= 15 is 0 Å². The number of nitrogens with one attached hydrogen (secondary N) is 1. The summed E-state index contributed by atoms with van der Waals surface area (Å²) < 4.78 is 1.05. The van der Waals surface area contributed by atoms with Crippen molar-refractivity contribution in [1.82, 2.24) is 5.32 Å². The molecule has 1 aliphatic rings. The Morgan fingerprint density at radius 3 is 2.30 bits per heavy atom. The van der Waals surface area contributed by atoms with Crippen LogP contribution in [-0.4, -0.2) is 11.9 Å². The number of carbonyl (C=O) groups is 1. The maximum absolute atomic E-state index is 12.4. The molecule has 1 aromatic rings. The van der Waals surface area contributed by atoms with Crippen LogP contribution in [0.2, 0.25) is 0 Å². The van der Waals surface area contributed by atoms with Gasteiger partial charge in [0.1, 0.15) is 0 Å². The quantitative estimate of drug-likeness (QED) is 0.778. The van der Waals surface area contributed by atoms with Crippen LogP contribution < -0.4 is 5.32 Å². The van der Waals surface area contributed by atoms with Gasteiger partial charge in [0.05, 0.1) is 8.66 Å². The molecule has 2 rings (SSSR count). The summed E-state index contributed by atoms with van der Waals surface area (Å²) in [7, 11) is 0. The zero-order valence-electron chi connectivity index (χ0n) is 13.0. The Labute approximate surface area is 134 Å². The second-order valence-electron chi connectivity index (χ2n) is 7.65. The summed E-state index contributed by atoms with van der Waals surface area (Å²) in [6, 6.07) is 2.24. The van der Waals surface area contributed by atoms with Gasteiger partial charge in [-0.25, -0.2) is 0 Å². The second-order valence-corrected chi connectivity index (χ2v) is 10.0. The first-order valence-corrected chi connectivity index (χ1v) is 8.76. The Hall–Kier alpha value is -0.350. The number of aryl methyl sites for hydroxylation is 1. The topological polar surface area (TPSA) is 29.1 Å². The summed E-state index contributed by atoms with van der Waals surface area (Å²) in [6.07, 6.45) is 3.34. The number of hydrogen-bond acceptors (Lipinski definition) is 2. The molecule has 0 aliphatic heterocycles. The van der Waals surface area contributed by atoms with Gasteiger partial charge in [-0.2, -0.15) is 0 Å². The lowest BCUT2D eigenvalue weighted by Crippen LogP contribution is -2.45. The number of rotatable bonds is 2. The van der Waals surface area contributed by atoms with E-state index in [0.717, 1.165) is 27.1 Å². The van der Waals surface area contributed by atoms with E-state index in [0.29, 0.717) is 10.8 Å². The molecule has 0 aromatic carbocycles. The van der Waals surface area contributed by atoms with Gasteiger partial charge in [0.25, 0.3) is 5.91 Å². The van der Waals surface area contributed by atoms with Gasteiger partial charge in [0, 0.05) is 6.04 Å². The summed E-state index contributed by atoms with van der Waals surface area (Å²) >= 11 is 5.00. The SMILES string of the molecule is Cc1cc(C(=O)NC2CC(C)(C)CC(C)(C)C2)sc1Br. The first-order chi connectivity index (χ1) is 9.08. The van der Waals surface area contributed by atoms with Crippen LogP contribution in [0.4, 0.5) is 0 Å². The third kappa shape index (κ3) is 3.85. The lowest BCUT2D eigenvalue weighted by atomic mass is 9.63. The van der Waals surface area contributed by atoms with Crippen LogP contribution in [0.1, 0.15) is 62.2 Å². The number of halogens is 1. The highest BCUT2D eigenvalue weighted by molar-refractivity contribution is 9.11. The molecular formula is C16H24BrNOS. The Morgan fingerprint density at radius 2 is 1.85 bits per heavy atom. The maximum atomic E-state index is 12.4. The van der Waals surface area contributed by atoms with E-state index in [9.17, 15) is 4.79 Å². The highest BCUT2D eigenvalue weighted by Crippen LogP contribution is 2.45. The molecule has 0 atom stereocenters. The average Bonchev–Trinajstić information content (AvgIpc) is 2.54. The minimum atomic E-state index is 0.0716. The van der Waals surface area contributed by atoms with E-state index in [1.165, 1.54) is 17.8 Å². The van der Waals surface area contributed by atoms with Crippen LogP contribution >= 0.6 is 27.3 Å². The van der Waals surface area contributed by atoms with Gasteiger partial charge < -0.3 is 5.32 Å². The summed E-state index contributed by atoms with van der Waals surface area (Å²) in [4.78, 5) is 13.2. The van der Waals surface area contributed by atoms with Crippen molar-refractivity contribution in [1.29, 1.82) is 0 Å². The van der Waals surface area contributed by atoms with Crippen molar-refractivity contribution in [3.8, 4) is 0 Å². The summed E-state index contributed by atoms with van der Waals surface area (Å²) in [5.41, 5.74) is 1.72. The van der Waals surface area contributed by atoms with Crippen molar-refractivity contribution in [2.75, 3.05) is 0 Å². The van der Waals surface area contributed by atoms with Crippen LogP contribution in [0, 0.1) is 17.8 Å². The molecule has 0 unspecified atom stereocenters. The number of carbonyl (C=O) groups excluding carboxylic acids is 1. The highest BCUT2D eigenvalue weighted by Gasteiger charge is 2.39. The van der Waals surface area contributed by atoms with E-state index in [1.54, 1.807) is 0 Å². The highest BCUT2D eigenvalue weighted by atomic mass is 79.9. The number of amides is 1. The zero-order valence-corrected chi connectivity index (χ0v) is 15.4. The van der Waals surface area contributed by atoms with Gasteiger partial charge in [-0.3, -0.25) is 4.79 Å². The molecule has 1 heterocycles. The van der Waals surface area contributed by atoms with E-state index < -0.39 is 0 Å². The molecule has 1 aliphatic carbocycles. The predicted molar refractivity (Wildman–Crippen MR) is 89.4 cm³/mol. The Balaban J connectivity index is 2.07. The smallest absolute Gasteiger partial charge is 0.261 e. The van der Waals surface area contributed by atoms with Gasteiger partial charge in [-0.05, 0) is 64.6 Å². The van der Waals surface area contributed by atoms with E-state index in [2.05, 4.69) is 48.9 Å². The molecule has 2 nitrogen and oxygen atoms in total. The molecule has 0 saturated heterocycles. The molecule has 0 spiro atoms. The zero-order chi connectivity index (χ0) is 15.1. The van der Waals surface area contributed by atoms with Gasteiger partial charge >= 0.3 is 0 Å². The van der Waals surface area contributed by atoms with Crippen molar-refractivity contribution in [3.05, 3.63) is 20.3 Å². The minimum Gasteiger partial charge on any atom is -0.349 e. The van der Waals surface area contributed by atoms with Crippen molar-refractivity contribution in [2.24, 2.45) is 10.8 Å². The third-order valence-corrected chi connectivity index (χ3v) is 6.11. The fourth-order valence-electron chi connectivity index (χ4n) is 3.78. The second kappa shape index (κ2) is 5.45. The van der Waals surface area contributed by atoms with Crippen LogP contribution in [0.3, 0.4) is 0 Å². The van der Waals surface area contributed by atoms with E-state index in [4.69, 9.17) is 0 Å². The number of thiophene rings is 1. The molecule has 1 aromatic heterocycles. The molecule has 112 valence electrons.